The zero-order valence-corrected chi connectivity index (χ0v) is 9.31. The third kappa shape index (κ3) is 6.49. The van der Waals surface area contributed by atoms with Crippen LogP contribution in [0, 0.1) is 0 Å². The lowest BCUT2D eigenvalue weighted by molar-refractivity contribution is 0.0982. The molecule has 0 spiro atoms. The SMILES string of the molecule is CC=CO.CCCC(=O)c1ccccc1. The molecule has 1 N–H and O–H groups in total. The van der Waals surface area contributed by atoms with Crippen molar-refractivity contribution in [3.63, 3.8) is 0 Å². The van der Waals surface area contributed by atoms with E-state index in [1.54, 1.807) is 13.0 Å². The molecule has 0 bridgehead atoms. The van der Waals surface area contributed by atoms with Crippen LogP contribution in [0.2, 0.25) is 0 Å². The van der Waals surface area contributed by atoms with Gasteiger partial charge < -0.3 is 5.11 Å². The molecule has 0 aliphatic carbocycles. The van der Waals surface area contributed by atoms with Crippen molar-refractivity contribution in [3.05, 3.63) is 48.2 Å². The molecule has 2 heteroatoms. The second kappa shape index (κ2) is 9.00. The van der Waals surface area contributed by atoms with Crippen molar-refractivity contribution in [1.82, 2.24) is 0 Å². The standard InChI is InChI=1S/C10H12O.C3H6O/c1-2-6-10(11)9-7-4-3-5-8-9;1-2-3-4/h3-5,7-8H,2,6H2,1H3;2-4H,1H3. The summed E-state index contributed by atoms with van der Waals surface area (Å²) < 4.78 is 0. The number of benzene rings is 1. The first-order valence-electron chi connectivity index (χ1n) is 5.09. The first kappa shape index (κ1) is 13.4. The van der Waals surface area contributed by atoms with Crippen molar-refractivity contribution in [2.75, 3.05) is 0 Å². The maximum atomic E-state index is 11.2. The number of ketones is 1. The van der Waals surface area contributed by atoms with Crippen molar-refractivity contribution in [2.24, 2.45) is 0 Å². The van der Waals surface area contributed by atoms with E-state index in [0.717, 1.165) is 18.2 Å². The largest absolute Gasteiger partial charge is 0.516 e. The van der Waals surface area contributed by atoms with E-state index in [1.165, 1.54) is 0 Å². The van der Waals surface area contributed by atoms with Gasteiger partial charge in [-0.2, -0.15) is 0 Å². The van der Waals surface area contributed by atoms with Gasteiger partial charge in [-0.25, -0.2) is 0 Å². The van der Waals surface area contributed by atoms with Crippen LogP contribution in [-0.4, -0.2) is 10.9 Å². The second-order valence-corrected chi connectivity index (χ2v) is 3.02. The van der Waals surface area contributed by atoms with E-state index in [2.05, 4.69) is 0 Å². The van der Waals surface area contributed by atoms with Crippen molar-refractivity contribution in [3.8, 4) is 0 Å². The molecule has 0 fully saturated rings. The number of carbonyl (C=O) groups excluding carboxylic acids is 1. The lowest BCUT2D eigenvalue weighted by Crippen LogP contribution is -1.96. The molecule has 0 aromatic heterocycles. The minimum absolute atomic E-state index is 0.244. The number of aliphatic hydroxyl groups excluding tert-OH is 1. The minimum Gasteiger partial charge on any atom is -0.516 e. The maximum Gasteiger partial charge on any atom is 0.162 e. The van der Waals surface area contributed by atoms with Crippen LogP contribution >= 0.6 is 0 Å². The Balaban J connectivity index is 0.000000423. The van der Waals surface area contributed by atoms with Crippen molar-refractivity contribution < 1.29 is 9.90 Å². The third-order valence-corrected chi connectivity index (χ3v) is 1.72. The van der Waals surface area contributed by atoms with Gasteiger partial charge in [0.1, 0.15) is 0 Å². The molecule has 1 rings (SSSR count). The summed E-state index contributed by atoms with van der Waals surface area (Å²) >= 11 is 0. The molecule has 1 aromatic rings. The molecule has 0 unspecified atom stereocenters. The molecule has 0 amide bonds. The van der Waals surface area contributed by atoms with Gasteiger partial charge in [-0.05, 0) is 13.3 Å². The molecule has 0 saturated carbocycles. The van der Waals surface area contributed by atoms with E-state index >= 15 is 0 Å². The highest BCUT2D eigenvalue weighted by Gasteiger charge is 2.01. The number of hydrogen-bond acceptors (Lipinski definition) is 2. The van der Waals surface area contributed by atoms with Crippen molar-refractivity contribution in [2.45, 2.75) is 26.7 Å². The topological polar surface area (TPSA) is 37.3 Å². The van der Waals surface area contributed by atoms with E-state index in [1.807, 2.05) is 37.3 Å². The summed E-state index contributed by atoms with van der Waals surface area (Å²) in [5.74, 6) is 0.244. The highest BCUT2D eigenvalue weighted by Crippen LogP contribution is 2.03. The molecule has 2 nitrogen and oxygen atoms in total. The summed E-state index contributed by atoms with van der Waals surface area (Å²) in [6.45, 7) is 3.76. The van der Waals surface area contributed by atoms with Crippen LogP contribution in [-0.2, 0) is 0 Å². The second-order valence-electron chi connectivity index (χ2n) is 3.02. The molecule has 0 aliphatic rings. The lowest BCUT2D eigenvalue weighted by Gasteiger charge is -1.96. The quantitative estimate of drug-likeness (QED) is 0.604. The Hall–Kier alpha value is -1.57. The van der Waals surface area contributed by atoms with Crippen LogP contribution in [0.4, 0.5) is 0 Å². The Labute approximate surface area is 91.3 Å². The predicted octanol–water partition coefficient (Wildman–Crippen LogP) is 3.75. The van der Waals surface area contributed by atoms with Gasteiger partial charge in [-0.3, -0.25) is 4.79 Å². The van der Waals surface area contributed by atoms with Crippen molar-refractivity contribution >= 4 is 5.78 Å². The fourth-order valence-corrected chi connectivity index (χ4v) is 0.995. The summed E-state index contributed by atoms with van der Waals surface area (Å²) in [4.78, 5) is 11.2. The summed E-state index contributed by atoms with van der Waals surface area (Å²) in [6, 6.07) is 9.42. The van der Waals surface area contributed by atoms with Crippen LogP contribution in [0.3, 0.4) is 0 Å². The smallest absolute Gasteiger partial charge is 0.162 e. The van der Waals surface area contributed by atoms with Gasteiger partial charge in [0, 0.05) is 12.0 Å². The van der Waals surface area contributed by atoms with Gasteiger partial charge in [0.15, 0.2) is 5.78 Å². The van der Waals surface area contributed by atoms with Gasteiger partial charge in [-0.1, -0.05) is 43.3 Å². The zero-order valence-electron chi connectivity index (χ0n) is 9.31. The number of rotatable bonds is 3. The van der Waals surface area contributed by atoms with Gasteiger partial charge in [0.2, 0.25) is 0 Å². The Morgan fingerprint density at radius 2 is 1.87 bits per heavy atom. The average molecular weight is 206 g/mol. The lowest BCUT2D eigenvalue weighted by atomic mass is 10.1. The first-order chi connectivity index (χ1) is 7.26. The van der Waals surface area contributed by atoms with E-state index in [0.29, 0.717) is 6.42 Å². The molecule has 1 aromatic carbocycles. The summed E-state index contributed by atoms with van der Waals surface area (Å²) in [6.07, 6.45) is 4.14. The molecule has 0 heterocycles. The minimum atomic E-state index is 0.244. The van der Waals surface area contributed by atoms with E-state index in [-0.39, 0.29) is 5.78 Å². The fraction of sp³-hybridized carbons (Fsp3) is 0.308. The first-order valence-corrected chi connectivity index (χ1v) is 5.09. The Bertz CT molecular complexity index is 285. The predicted molar refractivity (Wildman–Crippen MR) is 63.1 cm³/mol. The molecule has 0 saturated heterocycles. The fourth-order valence-electron chi connectivity index (χ4n) is 0.995. The molecule has 0 aliphatic heterocycles. The van der Waals surface area contributed by atoms with Crippen LogP contribution in [0.1, 0.15) is 37.0 Å². The molecular weight excluding hydrogens is 188 g/mol. The van der Waals surface area contributed by atoms with Crippen LogP contribution in [0.5, 0.6) is 0 Å². The van der Waals surface area contributed by atoms with Gasteiger partial charge in [0.25, 0.3) is 0 Å². The molecule has 0 radical (unpaired) electrons. The number of allylic oxidation sites excluding steroid dienone is 1. The Kier molecular flexibility index (Phi) is 8.06. The highest BCUT2D eigenvalue weighted by molar-refractivity contribution is 5.95. The number of Topliss-reactive ketones (excluding diaryl/α,β-unsaturated/α-hetero) is 1. The summed E-state index contributed by atoms with van der Waals surface area (Å²) in [5, 5.41) is 7.69. The zero-order chi connectivity index (χ0) is 11.5. The van der Waals surface area contributed by atoms with E-state index < -0.39 is 0 Å². The molecule has 15 heavy (non-hydrogen) atoms. The van der Waals surface area contributed by atoms with Crippen LogP contribution in [0.15, 0.2) is 42.7 Å². The van der Waals surface area contributed by atoms with Crippen molar-refractivity contribution in [1.29, 1.82) is 0 Å². The third-order valence-electron chi connectivity index (χ3n) is 1.72. The summed E-state index contributed by atoms with van der Waals surface area (Å²) in [7, 11) is 0. The maximum absolute atomic E-state index is 11.2. The van der Waals surface area contributed by atoms with Crippen LogP contribution < -0.4 is 0 Å². The Morgan fingerprint density at radius 1 is 1.33 bits per heavy atom. The number of hydrogen-bond donors (Lipinski definition) is 1. The molecule has 82 valence electrons. The average Bonchev–Trinajstić information content (AvgIpc) is 2.31. The number of carbonyl (C=O) groups is 1. The molecule has 0 atom stereocenters. The van der Waals surface area contributed by atoms with Gasteiger partial charge in [0.05, 0.1) is 6.26 Å². The van der Waals surface area contributed by atoms with Gasteiger partial charge >= 0.3 is 0 Å². The highest BCUT2D eigenvalue weighted by atomic mass is 16.2. The van der Waals surface area contributed by atoms with E-state index in [4.69, 9.17) is 5.11 Å². The monoisotopic (exact) mass is 206 g/mol. The van der Waals surface area contributed by atoms with Crippen LogP contribution in [0.25, 0.3) is 0 Å². The number of aliphatic hydroxyl groups is 1. The molecular formula is C13H18O2. The van der Waals surface area contributed by atoms with E-state index in [9.17, 15) is 4.79 Å². The normalized spacial score (nSPS) is 9.47. The van der Waals surface area contributed by atoms with Gasteiger partial charge in [-0.15, -0.1) is 0 Å². The summed E-state index contributed by atoms with van der Waals surface area (Å²) in [5.41, 5.74) is 0.828. The Morgan fingerprint density at radius 3 is 2.27 bits per heavy atom.